The van der Waals surface area contributed by atoms with E-state index in [2.05, 4.69) is 10.6 Å². The van der Waals surface area contributed by atoms with Gasteiger partial charge in [-0.1, -0.05) is 0 Å². The topological polar surface area (TPSA) is 73.9 Å². The standard InChI is InChI=1S/C21H32ClF3N4O3/c1-28(17(30)8-32-12-3-4-13(22)14(23)5-12)20-9-21(10-20,11-20)29(2)19(31)16-7-26-15(6-27-16)18(24)25/h12-16,18,26-27H,3-11H2,1-2H3. The van der Waals surface area contributed by atoms with E-state index in [0.29, 0.717) is 32.1 Å². The Bertz CT molecular complexity index is 717. The second-order valence-electron chi connectivity index (χ2n) is 9.92. The van der Waals surface area contributed by atoms with E-state index >= 15 is 0 Å². The number of likely N-dealkylation sites (N-methyl/N-ethyl adjacent to an activating group) is 2. The number of hydrogen-bond donors (Lipinski definition) is 2. The lowest BCUT2D eigenvalue weighted by molar-refractivity contribution is -0.223. The number of carbonyl (C=O) groups excluding carboxylic acids is 2. The van der Waals surface area contributed by atoms with Crippen LogP contribution in [0.1, 0.15) is 38.5 Å². The molecule has 0 aromatic rings. The molecule has 5 rings (SSSR count). The monoisotopic (exact) mass is 480 g/mol. The van der Waals surface area contributed by atoms with Crippen LogP contribution in [0.4, 0.5) is 13.2 Å². The third-order valence-electron chi connectivity index (χ3n) is 7.96. The maximum atomic E-state index is 13.8. The molecule has 2 amide bonds. The number of rotatable bonds is 7. The zero-order valence-electron chi connectivity index (χ0n) is 18.5. The number of nitrogens with one attached hydrogen (secondary N) is 2. The van der Waals surface area contributed by atoms with Gasteiger partial charge in [-0.15, -0.1) is 11.6 Å². The first-order chi connectivity index (χ1) is 15.1. The minimum absolute atomic E-state index is 0.0474. The van der Waals surface area contributed by atoms with Crippen molar-refractivity contribution in [3.05, 3.63) is 0 Å². The molecule has 32 heavy (non-hydrogen) atoms. The second kappa shape index (κ2) is 8.92. The van der Waals surface area contributed by atoms with Crippen LogP contribution < -0.4 is 10.6 Å². The van der Waals surface area contributed by atoms with Crippen LogP contribution in [0.15, 0.2) is 0 Å². The summed E-state index contributed by atoms with van der Waals surface area (Å²) in [6.07, 6.45) is -0.400. The fraction of sp³-hybridized carbons (Fsp3) is 0.905. The summed E-state index contributed by atoms with van der Waals surface area (Å²) in [4.78, 5) is 29.0. The summed E-state index contributed by atoms with van der Waals surface area (Å²) in [5, 5.41) is 5.18. The van der Waals surface area contributed by atoms with Gasteiger partial charge in [-0.25, -0.2) is 13.2 Å². The van der Waals surface area contributed by atoms with E-state index < -0.39 is 30.1 Å². The summed E-state index contributed by atoms with van der Waals surface area (Å²) >= 11 is 5.90. The molecule has 1 saturated heterocycles. The highest BCUT2D eigenvalue weighted by Gasteiger charge is 2.73. The number of halogens is 4. The molecule has 11 heteroatoms. The van der Waals surface area contributed by atoms with E-state index in [-0.39, 0.29) is 55.1 Å². The van der Waals surface area contributed by atoms with Crippen molar-refractivity contribution in [3.63, 3.8) is 0 Å². The lowest BCUT2D eigenvalue weighted by Crippen LogP contribution is -2.84. The number of hydrogen-bond acceptors (Lipinski definition) is 5. The molecular weight excluding hydrogens is 449 g/mol. The van der Waals surface area contributed by atoms with E-state index in [1.807, 2.05) is 0 Å². The van der Waals surface area contributed by atoms with Gasteiger partial charge in [0.2, 0.25) is 11.8 Å². The first kappa shape index (κ1) is 24.0. The van der Waals surface area contributed by atoms with Crippen LogP contribution in [0.5, 0.6) is 0 Å². The second-order valence-corrected chi connectivity index (χ2v) is 10.5. The third kappa shape index (κ3) is 4.23. The molecule has 7 nitrogen and oxygen atoms in total. The summed E-state index contributed by atoms with van der Waals surface area (Å²) < 4.78 is 45.0. The molecule has 5 unspecified atom stereocenters. The summed E-state index contributed by atoms with van der Waals surface area (Å²) in [5.74, 6) is -0.265. The Balaban J connectivity index is 1.22. The first-order valence-corrected chi connectivity index (χ1v) is 11.7. The van der Waals surface area contributed by atoms with E-state index in [4.69, 9.17) is 16.3 Å². The quantitative estimate of drug-likeness (QED) is 0.537. The van der Waals surface area contributed by atoms with E-state index in [1.54, 1.807) is 23.9 Å². The average molecular weight is 481 g/mol. The normalized spacial score (nSPS) is 40.9. The molecule has 5 fully saturated rings. The minimum atomic E-state index is -2.47. The van der Waals surface area contributed by atoms with Gasteiger partial charge in [0.05, 0.1) is 23.6 Å². The minimum Gasteiger partial charge on any atom is -0.368 e. The largest absolute Gasteiger partial charge is 0.368 e. The van der Waals surface area contributed by atoms with Gasteiger partial charge in [0, 0.05) is 44.7 Å². The highest BCUT2D eigenvalue weighted by Crippen LogP contribution is 2.65. The molecule has 4 saturated carbocycles. The number of ether oxygens (including phenoxy) is 1. The SMILES string of the molecule is CN(C(=O)COC1CCC(Cl)C(F)C1)C12CC(N(C)C(=O)C3CNC(C(F)F)CN3)(C1)C2. The molecule has 0 radical (unpaired) electrons. The number of carbonyl (C=O) groups is 2. The summed E-state index contributed by atoms with van der Waals surface area (Å²) in [6, 6.07) is -1.47. The Morgan fingerprint density at radius 3 is 2.31 bits per heavy atom. The molecular formula is C21H32ClF3N4O3. The molecule has 0 aromatic carbocycles. The van der Waals surface area contributed by atoms with Gasteiger partial charge in [0.15, 0.2) is 0 Å². The Morgan fingerprint density at radius 1 is 1.09 bits per heavy atom. The predicted octanol–water partition coefficient (Wildman–Crippen LogP) is 1.29. The number of amides is 2. The molecule has 5 atom stereocenters. The predicted molar refractivity (Wildman–Crippen MR) is 113 cm³/mol. The third-order valence-corrected chi connectivity index (χ3v) is 8.45. The van der Waals surface area contributed by atoms with Gasteiger partial charge in [-0.3, -0.25) is 9.59 Å². The van der Waals surface area contributed by atoms with Gasteiger partial charge in [0.1, 0.15) is 12.8 Å². The van der Waals surface area contributed by atoms with Crippen molar-refractivity contribution >= 4 is 23.4 Å². The van der Waals surface area contributed by atoms with Crippen molar-refractivity contribution in [1.82, 2.24) is 20.4 Å². The lowest BCUT2D eigenvalue weighted by Gasteiger charge is -2.75. The van der Waals surface area contributed by atoms with Crippen LogP contribution in [0.2, 0.25) is 0 Å². The van der Waals surface area contributed by atoms with Crippen LogP contribution in [-0.4, -0.2) is 103 Å². The van der Waals surface area contributed by atoms with Gasteiger partial charge in [0.25, 0.3) is 6.43 Å². The van der Waals surface area contributed by atoms with Gasteiger partial charge >= 0.3 is 0 Å². The van der Waals surface area contributed by atoms with Crippen molar-refractivity contribution in [2.45, 2.75) is 85.8 Å². The highest BCUT2D eigenvalue weighted by molar-refractivity contribution is 6.21. The molecule has 5 aliphatic rings. The first-order valence-electron chi connectivity index (χ1n) is 11.3. The fourth-order valence-corrected chi connectivity index (χ4v) is 5.87. The van der Waals surface area contributed by atoms with Crippen molar-refractivity contribution in [3.8, 4) is 0 Å². The van der Waals surface area contributed by atoms with Gasteiger partial charge in [-0.2, -0.15) is 0 Å². The van der Waals surface area contributed by atoms with E-state index in [1.165, 1.54) is 0 Å². The van der Waals surface area contributed by atoms with E-state index in [0.717, 1.165) is 0 Å². The highest BCUT2D eigenvalue weighted by atomic mass is 35.5. The Morgan fingerprint density at radius 2 is 1.75 bits per heavy atom. The molecule has 4 aliphatic carbocycles. The van der Waals surface area contributed by atoms with Crippen molar-refractivity contribution in [2.75, 3.05) is 33.8 Å². The lowest BCUT2D eigenvalue weighted by atomic mass is 9.42. The van der Waals surface area contributed by atoms with Crippen molar-refractivity contribution in [2.24, 2.45) is 0 Å². The summed E-state index contributed by atoms with van der Waals surface area (Å²) in [5.41, 5.74) is -0.557. The molecule has 0 aromatic heterocycles. The van der Waals surface area contributed by atoms with Gasteiger partial charge in [-0.05, 0) is 32.1 Å². The maximum absolute atomic E-state index is 13.8. The zero-order chi connectivity index (χ0) is 23.3. The Hall–Kier alpha value is -1.10. The zero-order valence-corrected chi connectivity index (χ0v) is 19.2. The van der Waals surface area contributed by atoms with Crippen LogP contribution in [0, 0.1) is 0 Å². The van der Waals surface area contributed by atoms with Crippen molar-refractivity contribution in [1.29, 1.82) is 0 Å². The van der Waals surface area contributed by atoms with Crippen LogP contribution >= 0.6 is 11.6 Å². The molecule has 182 valence electrons. The summed E-state index contributed by atoms with van der Waals surface area (Å²) in [6.45, 7) is 0.125. The number of piperazine rings is 1. The molecule has 2 bridgehead atoms. The van der Waals surface area contributed by atoms with Crippen LogP contribution in [0.25, 0.3) is 0 Å². The Labute approximate surface area is 191 Å². The van der Waals surface area contributed by atoms with E-state index in [9.17, 15) is 22.8 Å². The molecule has 0 spiro atoms. The number of nitrogens with zero attached hydrogens (tertiary/aromatic N) is 2. The molecule has 1 heterocycles. The van der Waals surface area contributed by atoms with Crippen LogP contribution in [-0.2, 0) is 14.3 Å². The number of alkyl halides is 4. The molecule has 2 N–H and O–H groups in total. The average Bonchev–Trinajstić information content (AvgIpc) is 2.71. The Kier molecular flexibility index (Phi) is 6.70. The molecule has 1 aliphatic heterocycles. The maximum Gasteiger partial charge on any atom is 0.254 e. The summed E-state index contributed by atoms with van der Waals surface area (Å²) in [7, 11) is 3.50. The fourth-order valence-electron chi connectivity index (χ4n) is 5.64. The van der Waals surface area contributed by atoms with Crippen molar-refractivity contribution < 1.29 is 27.5 Å². The van der Waals surface area contributed by atoms with Gasteiger partial charge < -0.3 is 25.2 Å². The van der Waals surface area contributed by atoms with Crippen LogP contribution in [0.3, 0.4) is 0 Å². The smallest absolute Gasteiger partial charge is 0.254 e.